The van der Waals surface area contributed by atoms with Crippen molar-refractivity contribution in [2.75, 3.05) is 45.8 Å². The lowest BCUT2D eigenvalue weighted by molar-refractivity contribution is -0.137. The first-order valence-electron chi connectivity index (χ1n) is 15.1. The number of amides is 3. The van der Waals surface area contributed by atoms with E-state index in [-0.39, 0.29) is 24.5 Å². The number of hydrogen-bond acceptors (Lipinski definition) is 6. The number of piperidine rings is 1. The van der Waals surface area contributed by atoms with Gasteiger partial charge in [-0.1, -0.05) is 49.6 Å². The molecule has 2 aliphatic heterocycles. The lowest BCUT2D eigenvalue weighted by Crippen LogP contribution is -2.57. The Bertz CT molecular complexity index is 960. The van der Waals surface area contributed by atoms with E-state index in [4.69, 9.17) is 9.47 Å². The smallest absolute Gasteiger partial charge is 0.410 e. The number of benzene rings is 1. The molecule has 0 bridgehead atoms. The predicted octanol–water partition coefficient (Wildman–Crippen LogP) is 4.65. The van der Waals surface area contributed by atoms with E-state index in [2.05, 4.69) is 10.2 Å². The van der Waals surface area contributed by atoms with Crippen LogP contribution in [-0.2, 0) is 20.9 Å². The Balaban J connectivity index is 1.23. The molecule has 1 aliphatic carbocycles. The molecule has 9 heteroatoms. The fourth-order valence-electron chi connectivity index (χ4n) is 6.08. The van der Waals surface area contributed by atoms with Gasteiger partial charge in [0.25, 0.3) is 0 Å². The van der Waals surface area contributed by atoms with Gasteiger partial charge in [-0.05, 0) is 63.9 Å². The summed E-state index contributed by atoms with van der Waals surface area (Å²) < 4.78 is 11.0. The van der Waals surface area contributed by atoms with Crippen LogP contribution in [0.2, 0.25) is 0 Å². The zero-order valence-corrected chi connectivity index (χ0v) is 24.6. The van der Waals surface area contributed by atoms with Crippen molar-refractivity contribution in [3.63, 3.8) is 0 Å². The van der Waals surface area contributed by atoms with Gasteiger partial charge >= 0.3 is 12.2 Å². The molecule has 1 saturated carbocycles. The molecule has 9 nitrogen and oxygen atoms in total. The topological polar surface area (TPSA) is 91.4 Å². The molecule has 1 aromatic rings. The Kier molecular flexibility index (Phi) is 10.7. The van der Waals surface area contributed by atoms with E-state index < -0.39 is 17.7 Å². The highest BCUT2D eigenvalue weighted by Gasteiger charge is 2.36. The molecular weight excluding hydrogens is 508 g/mol. The summed E-state index contributed by atoms with van der Waals surface area (Å²) in [7, 11) is 0. The second-order valence-electron chi connectivity index (χ2n) is 12.6. The van der Waals surface area contributed by atoms with Crippen molar-refractivity contribution in [3.05, 3.63) is 35.9 Å². The molecule has 0 aromatic heterocycles. The summed E-state index contributed by atoms with van der Waals surface area (Å²) in [6, 6.07) is 9.06. The van der Waals surface area contributed by atoms with Crippen LogP contribution in [0.5, 0.6) is 0 Å². The number of nitrogens with one attached hydrogen (secondary N) is 1. The van der Waals surface area contributed by atoms with Gasteiger partial charge in [0.05, 0.1) is 0 Å². The second-order valence-corrected chi connectivity index (χ2v) is 12.6. The van der Waals surface area contributed by atoms with Gasteiger partial charge in [0.2, 0.25) is 5.91 Å². The van der Waals surface area contributed by atoms with Gasteiger partial charge in [0, 0.05) is 45.8 Å². The zero-order valence-electron chi connectivity index (χ0n) is 24.6. The Hall–Kier alpha value is -2.81. The average molecular weight is 557 g/mol. The summed E-state index contributed by atoms with van der Waals surface area (Å²) in [5, 5.41) is 2.95. The molecule has 40 heavy (non-hydrogen) atoms. The molecular formula is C31H48N4O5. The van der Waals surface area contributed by atoms with Crippen molar-refractivity contribution in [1.29, 1.82) is 0 Å². The number of hydrogen-bond donors (Lipinski definition) is 1. The lowest BCUT2D eigenvalue weighted by Gasteiger charge is -2.40. The van der Waals surface area contributed by atoms with Crippen LogP contribution in [-0.4, -0.2) is 90.2 Å². The third-order valence-corrected chi connectivity index (χ3v) is 8.34. The number of rotatable bonds is 7. The van der Waals surface area contributed by atoms with E-state index >= 15 is 0 Å². The maximum atomic E-state index is 13.7. The normalized spacial score (nSPS) is 20.6. The molecule has 2 saturated heterocycles. The van der Waals surface area contributed by atoms with Crippen molar-refractivity contribution in [1.82, 2.24) is 20.0 Å². The van der Waals surface area contributed by atoms with Crippen molar-refractivity contribution in [2.45, 2.75) is 84.0 Å². The fraction of sp³-hybridized carbons (Fsp3) is 0.710. The van der Waals surface area contributed by atoms with E-state index in [0.717, 1.165) is 76.8 Å². The summed E-state index contributed by atoms with van der Waals surface area (Å²) >= 11 is 0. The lowest BCUT2D eigenvalue weighted by atomic mass is 9.83. The van der Waals surface area contributed by atoms with Crippen LogP contribution in [0.4, 0.5) is 9.59 Å². The Morgan fingerprint density at radius 1 is 0.875 bits per heavy atom. The molecule has 4 rings (SSSR count). The van der Waals surface area contributed by atoms with Gasteiger partial charge in [-0.2, -0.15) is 0 Å². The standard InChI is InChI=1S/C31H48N4O5/c1-31(2,3)40-30(38)35-16-14-24(15-17-35)22-33-18-20-34(21-19-33)28(36)27(26-12-8-5-9-13-26)32-29(37)39-23-25-10-6-4-7-11-25/h4,6-7,10-11,24,26-27H,5,8-9,12-23H2,1-3H3,(H,32,37)/t27-/m1/s1. The summed E-state index contributed by atoms with van der Waals surface area (Å²) in [6.07, 6.45) is 6.48. The number of ether oxygens (including phenoxy) is 2. The van der Waals surface area contributed by atoms with Crippen molar-refractivity contribution in [3.8, 4) is 0 Å². The highest BCUT2D eigenvalue weighted by Crippen LogP contribution is 2.28. The molecule has 0 radical (unpaired) electrons. The third kappa shape index (κ3) is 9.11. The molecule has 3 aliphatic rings. The van der Waals surface area contributed by atoms with Crippen LogP contribution in [0.25, 0.3) is 0 Å². The van der Waals surface area contributed by atoms with Crippen LogP contribution in [0, 0.1) is 11.8 Å². The van der Waals surface area contributed by atoms with E-state index in [9.17, 15) is 14.4 Å². The van der Waals surface area contributed by atoms with Crippen LogP contribution >= 0.6 is 0 Å². The fourth-order valence-corrected chi connectivity index (χ4v) is 6.08. The SMILES string of the molecule is CC(C)(C)OC(=O)N1CCC(CN2CCN(C(=O)[C@H](NC(=O)OCc3ccccc3)C3CCCCC3)CC2)CC1. The van der Waals surface area contributed by atoms with Gasteiger partial charge in [0.1, 0.15) is 18.2 Å². The van der Waals surface area contributed by atoms with Crippen LogP contribution < -0.4 is 5.32 Å². The first kappa shape index (κ1) is 30.2. The summed E-state index contributed by atoms with van der Waals surface area (Å²) in [6.45, 7) is 11.3. The van der Waals surface area contributed by atoms with Gasteiger partial charge in [-0.25, -0.2) is 9.59 Å². The highest BCUT2D eigenvalue weighted by molar-refractivity contribution is 5.86. The average Bonchev–Trinajstić information content (AvgIpc) is 2.95. The van der Waals surface area contributed by atoms with E-state index in [0.29, 0.717) is 19.0 Å². The second kappa shape index (κ2) is 14.2. The molecule has 2 heterocycles. The summed E-state index contributed by atoms with van der Waals surface area (Å²) in [5.41, 5.74) is 0.448. The minimum Gasteiger partial charge on any atom is -0.445 e. The van der Waals surface area contributed by atoms with Gasteiger partial charge in [0.15, 0.2) is 0 Å². The highest BCUT2D eigenvalue weighted by atomic mass is 16.6. The number of piperazine rings is 1. The van der Waals surface area contributed by atoms with Crippen LogP contribution in [0.1, 0.15) is 71.3 Å². The Morgan fingerprint density at radius 2 is 1.52 bits per heavy atom. The van der Waals surface area contributed by atoms with E-state index in [1.807, 2.05) is 60.9 Å². The Morgan fingerprint density at radius 3 is 2.15 bits per heavy atom. The van der Waals surface area contributed by atoms with Crippen molar-refractivity contribution >= 4 is 18.1 Å². The quantitative estimate of drug-likeness (QED) is 0.526. The van der Waals surface area contributed by atoms with Crippen LogP contribution in [0.3, 0.4) is 0 Å². The van der Waals surface area contributed by atoms with Gasteiger partial charge < -0.3 is 24.6 Å². The maximum Gasteiger partial charge on any atom is 0.410 e. The van der Waals surface area contributed by atoms with Crippen LogP contribution in [0.15, 0.2) is 30.3 Å². The minimum absolute atomic E-state index is 0.0221. The first-order chi connectivity index (χ1) is 19.2. The van der Waals surface area contributed by atoms with E-state index in [1.54, 1.807) is 0 Å². The number of carbonyl (C=O) groups is 3. The largest absolute Gasteiger partial charge is 0.445 e. The van der Waals surface area contributed by atoms with Crippen molar-refractivity contribution < 1.29 is 23.9 Å². The molecule has 3 amide bonds. The molecule has 0 spiro atoms. The first-order valence-corrected chi connectivity index (χ1v) is 15.1. The molecule has 1 N–H and O–H groups in total. The maximum absolute atomic E-state index is 13.7. The minimum atomic E-state index is -0.535. The molecule has 3 fully saturated rings. The summed E-state index contributed by atoms with van der Waals surface area (Å²) in [5.74, 6) is 0.713. The number of alkyl carbamates (subject to hydrolysis) is 1. The monoisotopic (exact) mass is 556 g/mol. The summed E-state index contributed by atoms with van der Waals surface area (Å²) in [4.78, 5) is 45.0. The van der Waals surface area contributed by atoms with Crippen molar-refractivity contribution in [2.24, 2.45) is 11.8 Å². The zero-order chi connectivity index (χ0) is 28.5. The third-order valence-electron chi connectivity index (χ3n) is 8.34. The predicted molar refractivity (Wildman–Crippen MR) is 154 cm³/mol. The van der Waals surface area contributed by atoms with Gasteiger partial charge in [-0.3, -0.25) is 9.69 Å². The Labute approximate surface area is 239 Å². The molecule has 222 valence electrons. The molecule has 1 atom stereocenters. The number of likely N-dealkylation sites (tertiary alicyclic amines) is 1. The van der Waals surface area contributed by atoms with Gasteiger partial charge in [-0.15, -0.1) is 0 Å². The number of nitrogens with zero attached hydrogens (tertiary/aromatic N) is 3. The molecule has 0 unspecified atom stereocenters. The number of carbonyl (C=O) groups excluding carboxylic acids is 3. The molecule has 1 aromatic carbocycles. The van der Waals surface area contributed by atoms with E-state index in [1.165, 1.54) is 6.42 Å².